The van der Waals surface area contributed by atoms with E-state index < -0.39 is 0 Å². The maximum absolute atomic E-state index is 12.5. The maximum atomic E-state index is 12.5. The molecule has 0 spiro atoms. The predicted octanol–water partition coefficient (Wildman–Crippen LogP) is 3.45. The van der Waals surface area contributed by atoms with Gasteiger partial charge in [0.25, 0.3) is 5.91 Å². The van der Waals surface area contributed by atoms with Gasteiger partial charge in [-0.15, -0.1) is 11.3 Å². The molecular formula is C22H24ClN5O2S. The molecule has 1 aliphatic heterocycles. The van der Waals surface area contributed by atoms with E-state index in [0.717, 1.165) is 42.6 Å². The van der Waals surface area contributed by atoms with E-state index in [0.29, 0.717) is 29.6 Å². The topological polar surface area (TPSA) is 70.6 Å². The van der Waals surface area contributed by atoms with Crippen LogP contribution in [-0.4, -0.2) is 54.0 Å². The SMILES string of the molecule is CN1CCN(c2cc(CNC(=O)c3csc(COc4ccc(Cl)cc4)n3)ccn2)CC1. The Hall–Kier alpha value is -2.68. The number of carbonyl (C=O) groups excluding carboxylic acids is 1. The monoisotopic (exact) mass is 457 g/mol. The van der Waals surface area contributed by atoms with Crippen LogP contribution >= 0.6 is 22.9 Å². The number of nitrogens with zero attached hydrogens (tertiary/aromatic N) is 4. The fourth-order valence-electron chi connectivity index (χ4n) is 3.21. The van der Waals surface area contributed by atoms with Crippen LogP contribution in [0.15, 0.2) is 48.0 Å². The molecule has 3 heterocycles. The van der Waals surface area contributed by atoms with Crippen LogP contribution in [0.3, 0.4) is 0 Å². The van der Waals surface area contributed by atoms with Crippen molar-refractivity contribution in [3.05, 3.63) is 69.3 Å². The van der Waals surface area contributed by atoms with Crippen LogP contribution in [0.4, 0.5) is 5.82 Å². The number of thiazole rings is 1. The molecule has 0 atom stereocenters. The first-order chi connectivity index (χ1) is 15.1. The van der Waals surface area contributed by atoms with E-state index in [9.17, 15) is 4.79 Å². The van der Waals surface area contributed by atoms with E-state index >= 15 is 0 Å². The van der Waals surface area contributed by atoms with Crippen molar-refractivity contribution in [3.63, 3.8) is 0 Å². The number of aromatic nitrogens is 2. The number of nitrogens with one attached hydrogen (secondary N) is 1. The van der Waals surface area contributed by atoms with Crippen molar-refractivity contribution in [2.75, 3.05) is 38.1 Å². The van der Waals surface area contributed by atoms with Gasteiger partial charge in [-0.3, -0.25) is 4.79 Å². The smallest absolute Gasteiger partial charge is 0.271 e. The zero-order valence-corrected chi connectivity index (χ0v) is 18.8. The summed E-state index contributed by atoms with van der Waals surface area (Å²) in [6.45, 7) is 4.69. The summed E-state index contributed by atoms with van der Waals surface area (Å²) in [5, 5.41) is 6.08. The Kier molecular flexibility index (Phi) is 7.01. The van der Waals surface area contributed by atoms with Gasteiger partial charge in [-0.1, -0.05) is 11.6 Å². The van der Waals surface area contributed by atoms with Crippen molar-refractivity contribution < 1.29 is 9.53 Å². The molecule has 1 aliphatic rings. The molecule has 4 rings (SSSR count). The number of rotatable bonds is 7. The number of ether oxygens (including phenoxy) is 1. The number of anilines is 1. The molecule has 1 N–H and O–H groups in total. The number of likely N-dealkylation sites (N-methyl/N-ethyl adjacent to an activating group) is 1. The summed E-state index contributed by atoms with van der Waals surface area (Å²) >= 11 is 7.28. The van der Waals surface area contributed by atoms with E-state index in [1.54, 1.807) is 35.8 Å². The lowest BCUT2D eigenvalue weighted by Crippen LogP contribution is -2.44. The first kappa shape index (κ1) is 21.5. The van der Waals surface area contributed by atoms with Gasteiger partial charge in [0, 0.05) is 49.3 Å². The lowest BCUT2D eigenvalue weighted by molar-refractivity contribution is 0.0946. The van der Waals surface area contributed by atoms with E-state index in [4.69, 9.17) is 16.3 Å². The summed E-state index contributed by atoms with van der Waals surface area (Å²) in [6.07, 6.45) is 1.80. The molecule has 2 aromatic heterocycles. The van der Waals surface area contributed by atoms with Crippen LogP contribution in [-0.2, 0) is 13.2 Å². The Morgan fingerprint density at radius 1 is 1.19 bits per heavy atom. The van der Waals surface area contributed by atoms with Crippen LogP contribution < -0.4 is 15.0 Å². The Morgan fingerprint density at radius 3 is 2.74 bits per heavy atom. The molecule has 31 heavy (non-hydrogen) atoms. The Balaban J connectivity index is 1.29. The second kappa shape index (κ2) is 10.1. The molecule has 0 unspecified atom stereocenters. The third-order valence-electron chi connectivity index (χ3n) is 5.05. The van der Waals surface area contributed by atoms with Gasteiger partial charge < -0.3 is 19.9 Å². The largest absolute Gasteiger partial charge is 0.486 e. The number of hydrogen-bond acceptors (Lipinski definition) is 7. The highest BCUT2D eigenvalue weighted by Gasteiger charge is 2.16. The lowest BCUT2D eigenvalue weighted by atomic mass is 10.2. The summed E-state index contributed by atoms with van der Waals surface area (Å²) in [6, 6.07) is 11.1. The molecule has 3 aromatic rings. The van der Waals surface area contributed by atoms with Crippen LogP contribution in [0.2, 0.25) is 5.02 Å². The van der Waals surface area contributed by atoms with Crippen LogP contribution in [0, 0.1) is 0 Å². The van der Waals surface area contributed by atoms with Gasteiger partial charge in [0.1, 0.15) is 28.9 Å². The number of amides is 1. The predicted molar refractivity (Wildman–Crippen MR) is 123 cm³/mol. The molecule has 1 fully saturated rings. The third-order valence-corrected chi connectivity index (χ3v) is 6.12. The number of pyridine rings is 1. The van der Waals surface area contributed by atoms with Crippen LogP contribution in [0.5, 0.6) is 5.75 Å². The molecule has 0 bridgehead atoms. The van der Waals surface area contributed by atoms with E-state index in [1.807, 2.05) is 12.1 Å². The van der Waals surface area contributed by atoms with Crippen molar-refractivity contribution in [3.8, 4) is 5.75 Å². The summed E-state index contributed by atoms with van der Waals surface area (Å²) in [5.41, 5.74) is 1.41. The van der Waals surface area contributed by atoms with Gasteiger partial charge in [0.15, 0.2) is 0 Å². The first-order valence-electron chi connectivity index (χ1n) is 10.1. The summed E-state index contributed by atoms with van der Waals surface area (Å²) in [7, 11) is 2.13. The second-order valence-electron chi connectivity index (χ2n) is 7.36. The Labute approximate surface area is 190 Å². The highest BCUT2D eigenvalue weighted by Crippen LogP contribution is 2.19. The summed E-state index contributed by atoms with van der Waals surface area (Å²) < 4.78 is 5.69. The fourth-order valence-corrected chi connectivity index (χ4v) is 4.02. The standard InChI is InChI=1S/C22H24ClN5O2S/c1-27-8-10-28(11-9-27)20-12-16(6-7-24-20)13-25-22(29)19-15-31-21(26-19)14-30-18-4-2-17(23)3-5-18/h2-7,12,15H,8-11,13-14H2,1H3,(H,25,29). The van der Waals surface area contributed by atoms with Crippen LogP contribution in [0.1, 0.15) is 21.1 Å². The lowest BCUT2D eigenvalue weighted by Gasteiger charge is -2.33. The molecule has 9 heteroatoms. The van der Waals surface area contributed by atoms with Crippen molar-refractivity contribution in [2.45, 2.75) is 13.2 Å². The summed E-state index contributed by atoms with van der Waals surface area (Å²) in [5.74, 6) is 1.46. The zero-order chi connectivity index (χ0) is 21.6. The van der Waals surface area contributed by atoms with Crippen molar-refractivity contribution in [1.82, 2.24) is 20.2 Å². The molecule has 1 aromatic carbocycles. The minimum atomic E-state index is -0.202. The van der Waals surface area contributed by atoms with Crippen molar-refractivity contribution in [1.29, 1.82) is 0 Å². The number of piperazine rings is 1. The van der Waals surface area contributed by atoms with E-state index in [-0.39, 0.29) is 5.91 Å². The van der Waals surface area contributed by atoms with Crippen molar-refractivity contribution in [2.24, 2.45) is 0 Å². The molecule has 1 amide bonds. The molecular weight excluding hydrogens is 434 g/mol. The van der Waals surface area contributed by atoms with E-state index in [1.165, 1.54) is 11.3 Å². The average molecular weight is 458 g/mol. The number of halogens is 1. The highest BCUT2D eigenvalue weighted by atomic mass is 35.5. The van der Waals surface area contributed by atoms with Crippen molar-refractivity contribution >= 4 is 34.7 Å². The van der Waals surface area contributed by atoms with Gasteiger partial charge in [0.2, 0.25) is 0 Å². The quantitative estimate of drug-likeness (QED) is 0.586. The maximum Gasteiger partial charge on any atom is 0.271 e. The first-order valence-corrected chi connectivity index (χ1v) is 11.3. The Bertz CT molecular complexity index is 1020. The van der Waals surface area contributed by atoms with Gasteiger partial charge >= 0.3 is 0 Å². The van der Waals surface area contributed by atoms with Gasteiger partial charge in [-0.05, 0) is 49.0 Å². The molecule has 0 saturated carbocycles. The minimum Gasteiger partial charge on any atom is -0.486 e. The molecule has 7 nitrogen and oxygen atoms in total. The van der Waals surface area contributed by atoms with Crippen LogP contribution in [0.25, 0.3) is 0 Å². The molecule has 1 saturated heterocycles. The van der Waals surface area contributed by atoms with Gasteiger partial charge in [0.05, 0.1) is 0 Å². The fraction of sp³-hybridized carbons (Fsp3) is 0.318. The highest BCUT2D eigenvalue weighted by molar-refractivity contribution is 7.09. The van der Waals surface area contributed by atoms with Gasteiger partial charge in [-0.2, -0.15) is 0 Å². The number of carbonyl (C=O) groups is 1. The minimum absolute atomic E-state index is 0.202. The van der Waals surface area contributed by atoms with E-state index in [2.05, 4.69) is 32.1 Å². The molecule has 0 aliphatic carbocycles. The zero-order valence-electron chi connectivity index (χ0n) is 17.3. The molecule has 0 radical (unpaired) electrons. The Morgan fingerprint density at radius 2 is 1.97 bits per heavy atom. The second-order valence-corrected chi connectivity index (χ2v) is 8.74. The number of hydrogen-bond donors (Lipinski definition) is 1. The number of benzene rings is 1. The third kappa shape index (κ3) is 5.94. The summed E-state index contributed by atoms with van der Waals surface area (Å²) in [4.78, 5) is 26.0. The normalized spacial score (nSPS) is 14.5. The van der Waals surface area contributed by atoms with Gasteiger partial charge in [-0.25, -0.2) is 9.97 Å². The molecule has 162 valence electrons. The average Bonchev–Trinajstić information content (AvgIpc) is 3.27.